The molecule has 0 fully saturated rings. The SMILES string of the molecule is CCCCOC(=O)c1cc(F)cc(S(N)(=O)=O)c1. The van der Waals surface area contributed by atoms with Crippen molar-refractivity contribution < 1.29 is 22.3 Å². The number of carbonyl (C=O) groups is 1. The molecule has 1 aromatic rings. The normalized spacial score (nSPS) is 11.3. The summed E-state index contributed by atoms with van der Waals surface area (Å²) in [6.07, 6.45) is 1.53. The van der Waals surface area contributed by atoms with Crippen LogP contribution in [0.1, 0.15) is 30.1 Å². The Bertz CT molecular complexity index is 542. The van der Waals surface area contributed by atoms with Gasteiger partial charge in [-0.1, -0.05) is 13.3 Å². The maximum Gasteiger partial charge on any atom is 0.338 e. The Morgan fingerprint density at radius 2 is 2.06 bits per heavy atom. The van der Waals surface area contributed by atoms with Gasteiger partial charge in [0.1, 0.15) is 5.82 Å². The zero-order valence-electron chi connectivity index (χ0n) is 9.85. The van der Waals surface area contributed by atoms with Crippen LogP contribution in [0.15, 0.2) is 23.1 Å². The molecule has 18 heavy (non-hydrogen) atoms. The lowest BCUT2D eigenvalue weighted by atomic mass is 10.2. The Kier molecular flexibility index (Phi) is 4.80. The Morgan fingerprint density at radius 1 is 1.39 bits per heavy atom. The summed E-state index contributed by atoms with van der Waals surface area (Å²) >= 11 is 0. The maximum atomic E-state index is 13.2. The number of hydrogen-bond acceptors (Lipinski definition) is 4. The molecule has 0 saturated heterocycles. The number of ether oxygens (including phenoxy) is 1. The fourth-order valence-corrected chi connectivity index (χ4v) is 1.81. The number of sulfonamides is 1. The minimum atomic E-state index is -4.05. The number of halogens is 1. The molecule has 7 heteroatoms. The van der Waals surface area contributed by atoms with E-state index in [-0.39, 0.29) is 12.2 Å². The highest BCUT2D eigenvalue weighted by Gasteiger charge is 2.15. The summed E-state index contributed by atoms with van der Waals surface area (Å²) < 4.78 is 40.2. The lowest BCUT2D eigenvalue weighted by Crippen LogP contribution is -2.14. The molecule has 0 spiro atoms. The van der Waals surface area contributed by atoms with Gasteiger partial charge in [-0.3, -0.25) is 0 Å². The van der Waals surface area contributed by atoms with Crippen LogP contribution in [0.3, 0.4) is 0 Å². The second-order valence-electron chi connectivity index (χ2n) is 3.71. The van der Waals surface area contributed by atoms with Crippen LogP contribution in [-0.2, 0) is 14.8 Å². The van der Waals surface area contributed by atoms with E-state index in [1.165, 1.54) is 0 Å². The molecule has 0 aliphatic rings. The highest BCUT2D eigenvalue weighted by atomic mass is 32.2. The molecule has 1 rings (SSSR count). The smallest absolute Gasteiger partial charge is 0.338 e. The van der Waals surface area contributed by atoms with Crippen molar-refractivity contribution in [1.82, 2.24) is 0 Å². The van der Waals surface area contributed by atoms with Gasteiger partial charge >= 0.3 is 5.97 Å². The van der Waals surface area contributed by atoms with Crippen LogP contribution in [0.5, 0.6) is 0 Å². The van der Waals surface area contributed by atoms with E-state index in [0.717, 1.165) is 24.6 Å². The van der Waals surface area contributed by atoms with Crippen molar-refractivity contribution in [1.29, 1.82) is 0 Å². The first-order valence-corrected chi connectivity index (χ1v) is 6.89. The number of unbranched alkanes of at least 4 members (excludes halogenated alkanes) is 1. The third kappa shape index (κ3) is 4.08. The van der Waals surface area contributed by atoms with E-state index in [2.05, 4.69) is 0 Å². The molecule has 1 aromatic carbocycles. The molecule has 0 saturated carbocycles. The summed E-state index contributed by atoms with van der Waals surface area (Å²) in [5.74, 6) is -1.63. The predicted octanol–water partition coefficient (Wildman–Crippen LogP) is 1.43. The van der Waals surface area contributed by atoms with Crippen LogP contribution in [0.25, 0.3) is 0 Å². The molecule has 0 unspecified atom stereocenters. The molecular formula is C11H14FNO4S. The Balaban J connectivity index is 2.96. The molecule has 0 heterocycles. The number of esters is 1. The third-order valence-electron chi connectivity index (χ3n) is 2.17. The van der Waals surface area contributed by atoms with E-state index in [1.54, 1.807) is 0 Å². The quantitative estimate of drug-likeness (QED) is 0.650. The van der Waals surface area contributed by atoms with Crippen molar-refractivity contribution in [2.75, 3.05) is 6.61 Å². The highest BCUT2D eigenvalue weighted by Crippen LogP contribution is 2.14. The van der Waals surface area contributed by atoms with Gasteiger partial charge in [0.15, 0.2) is 0 Å². The summed E-state index contributed by atoms with van der Waals surface area (Å²) in [5.41, 5.74) is -0.171. The van der Waals surface area contributed by atoms with E-state index in [9.17, 15) is 17.6 Å². The summed E-state index contributed by atoms with van der Waals surface area (Å²) in [7, 11) is -4.05. The molecule has 0 aliphatic carbocycles. The van der Waals surface area contributed by atoms with Gasteiger partial charge in [-0.05, 0) is 24.6 Å². The van der Waals surface area contributed by atoms with Gasteiger partial charge in [0.25, 0.3) is 0 Å². The van der Waals surface area contributed by atoms with Crippen LogP contribution in [0.4, 0.5) is 4.39 Å². The number of primary sulfonamides is 1. The molecule has 0 amide bonds. The van der Waals surface area contributed by atoms with E-state index in [4.69, 9.17) is 9.88 Å². The minimum Gasteiger partial charge on any atom is -0.462 e. The van der Waals surface area contributed by atoms with Crippen LogP contribution in [0.2, 0.25) is 0 Å². The van der Waals surface area contributed by atoms with Gasteiger partial charge in [0, 0.05) is 0 Å². The van der Waals surface area contributed by atoms with E-state index >= 15 is 0 Å². The van der Waals surface area contributed by atoms with Crippen LogP contribution in [0, 0.1) is 5.82 Å². The monoisotopic (exact) mass is 275 g/mol. The van der Waals surface area contributed by atoms with E-state index in [0.29, 0.717) is 6.42 Å². The van der Waals surface area contributed by atoms with Crippen molar-refractivity contribution in [3.8, 4) is 0 Å². The van der Waals surface area contributed by atoms with Gasteiger partial charge in [-0.25, -0.2) is 22.7 Å². The minimum absolute atomic E-state index is 0.171. The van der Waals surface area contributed by atoms with Crippen LogP contribution in [-0.4, -0.2) is 21.0 Å². The zero-order valence-corrected chi connectivity index (χ0v) is 10.7. The Hall–Kier alpha value is -1.47. The van der Waals surface area contributed by atoms with Crippen LogP contribution < -0.4 is 5.14 Å². The molecule has 100 valence electrons. The summed E-state index contributed by atoms with van der Waals surface area (Å²) in [6, 6.07) is 2.65. The molecule has 0 atom stereocenters. The fourth-order valence-electron chi connectivity index (χ4n) is 1.24. The number of benzene rings is 1. The number of hydrogen-bond donors (Lipinski definition) is 1. The zero-order chi connectivity index (χ0) is 13.8. The number of carbonyl (C=O) groups excluding carboxylic acids is 1. The molecule has 0 aliphatic heterocycles. The predicted molar refractivity (Wildman–Crippen MR) is 63.0 cm³/mol. The van der Waals surface area contributed by atoms with Crippen molar-refractivity contribution in [3.05, 3.63) is 29.6 Å². The first-order valence-electron chi connectivity index (χ1n) is 5.35. The largest absolute Gasteiger partial charge is 0.462 e. The molecule has 5 nitrogen and oxygen atoms in total. The highest BCUT2D eigenvalue weighted by molar-refractivity contribution is 7.89. The second-order valence-corrected chi connectivity index (χ2v) is 5.27. The van der Waals surface area contributed by atoms with Gasteiger partial charge < -0.3 is 4.74 Å². The van der Waals surface area contributed by atoms with Crippen LogP contribution >= 0.6 is 0 Å². The first kappa shape index (κ1) is 14.6. The average Bonchev–Trinajstić information content (AvgIpc) is 2.27. The topological polar surface area (TPSA) is 86.5 Å². The first-order chi connectivity index (χ1) is 8.34. The molecule has 0 bridgehead atoms. The molecule has 0 radical (unpaired) electrons. The molecule has 0 aromatic heterocycles. The lowest BCUT2D eigenvalue weighted by molar-refractivity contribution is 0.0499. The van der Waals surface area contributed by atoms with Crippen molar-refractivity contribution in [3.63, 3.8) is 0 Å². The standard InChI is InChI=1S/C11H14FNO4S/c1-2-3-4-17-11(14)8-5-9(12)7-10(6-8)18(13,15)16/h5-7H,2-4H2,1H3,(H2,13,15,16). The van der Waals surface area contributed by atoms with Gasteiger partial charge in [-0.15, -0.1) is 0 Å². The molecule has 2 N–H and O–H groups in total. The third-order valence-corrected chi connectivity index (χ3v) is 3.06. The maximum absolute atomic E-state index is 13.2. The van der Waals surface area contributed by atoms with E-state index in [1.807, 2.05) is 6.92 Å². The number of rotatable bonds is 5. The summed E-state index contributed by atoms with van der Waals surface area (Å²) in [5, 5.41) is 4.87. The fraction of sp³-hybridized carbons (Fsp3) is 0.364. The van der Waals surface area contributed by atoms with E-state index < -0.39 is 26.7 Å². The van der Waals surface area contributed by atoms with Gasteiger partial charge in [-0.2, -0.15) is 0 Å². The second kappa shape index (κ2) is 5.92. The lowest BCUT2D eigenvalue weighted by Gasteiger charge is -2.05. The van der Waals surface area contributed by atoms with Crippen molar-refractivity contribution in [2.45, 2.75) is 24.7 Å². The Labute approximate surface area is 105 Å². The van der Waals surface area contributed by atoms with Gasteiger partial charge in [0.05, 0.1) is 17.1 Å². The van der Waals surface area contributed by atoms with Gasteiger partial charge in [0.2, 0.25) is 10.0 Å². The average molecular weight is 275 g/mol. The van der Waals surface area contributed by atoms with Crippen molar-refractivity contribution in [2.24, 2.45) is 5.14 Å². The Morgan fingerprint density at radius 3 is 2.61 bits per heavy atom. The molecular weight excluding hydrogens is 261 g/mol. The summed E-state index contributed by atoms with van der Waals surface area (Å²) in [6.45, 7) is 2.13. The summed E-state index contributed by atoms with van der Waals surface area (Å²) in [4.78, 5) is 11.1. The van der Waals surface area contributed by atoms with Crippen molar-refractivity contribution >= 4 is 16.0 Å². The number of nitrogens with two attached hydrogens (primary N) is 1.